The second kappa shape index (κ2) is 2.44. The first-order valence-corrected chi connectivity index (χ1v) is 4.81. The maximum Gasteiger partial charge on any atom is 0.409 e. The van der Waals surface area contributed by atoms with Crippen molar-refractivity contribution < 1.29 is 9.15 Å². The molecule has 3 heteroatoms. The molecule has 0 aliphatic carbocycles. The Kier molecular flexibility index (Phi) is 1.35. The standard InChI is InChI=1S/C11H13N3/c1-9-11-13(8-12(9)2)7-10-5-3-4-6-14(10)11/h3-8,11H,1-2H3/q+2. The number of hydrogen-bond acceptors (Lipinski definition) is 1. The quantitative estimate of drug-likeness (QED) is 0.507. The average Bonchev–Trinajstić information content (AvgIpc) is 2.65. The van der Waals surface area contributed by atoms with Crippen LogP contribution in [-0.4, -0.2) is 39.3 Å². The van der Waals surface area contributed by atoms with Crippen molar-refractivity contribution in [1.29, 1.82) is 0 Å². The van der Waals surface area contributed by atoms with Crippen LogP contribution >= 0.6 is 0 Å². The normalized spacial score (nSPS) is 27.9. The molecule has 0 amide bonds. The molecule has 0 saturated carbocycles. The third-order valence-electron chi connectivity index (χ3n) is 2.99. The molecule has 0 bridgehead atoms. The van der Waals surface area contributed by atoms with Gasteiger partial charge in [-0.05, 0) is 12.2 Å². The highest BCUT2D eigenvalue weighted by Gasteiger charge is 2.46. The Hall–Kier alpha value is -1.64. The number of rotatable bonds is 0. The molecule has 0 aromatic rings. The lowest BCUT2D eigenvalue weighted by molar-refractivity contribution is -0.502. The van der Waals surface area contributed by atoms with Gasteiger partial charge in [0.15, 0.2) is 0 Å². The Labute approximate surface area is 83.3 Å². The summed E-state index contributed by atoms with van der Waals surface area (Å²) >= 11 is 0. The van der Waals surface area contributed by atoms with Crippen LogP contribution in [0.5, 0.6) is 0 Å². The summed E-state index contributed by atoms with van der Waals surface area (Å²) in [6.07, 6.45) is 13.1. The maximum atomic E-state index is 2.29. The molecule has 3 aliphatic heterocycles. The second-order valence-corrected chi connectivity index (χ2v) is 3.85. The molecule has 0 radical (unpaired) electrons. The van der Waals surface area contributed by atoms with Crippen LogP contribution < -0.4 is 0 Å². The summed E-state index contributed by atoms with van der Waals surface area (Å²) in [6.45, 7) is 2.17. The van der Waals surface area contributed by atoms with E-state index in [-0.39, 0.29) is 0 Å². The van der Waals surface area contributed by atoms with E-state index in [1.54, 1.807) is 0 Å². The monoisotopic (exact) mass is 187 g/mol. The fourth-order valence-electron chi connectivity index (χ4n) is 2.15. The van der Waals surface area contributed by atoms with Crippen molar-refractivity contribution in [3.63, 3.8) is 0 Å². The molecule has 0 N–H and O–H groups in total. The molecule has 1 unspecified atom stereocenters. The zero-order chi connectivity index (χ0) is 9.71. The lowest BCUT2D eigenvalue weighted by atomic mass is 10.2. The zero-order valence-electron chi connectivity index (χ0n) is 8.38. The molecule has 70 valence electrons. The van der Waals surface area contributed by atoms with Crippen molar-refractivity contribution in [2.45, 2.75) is 13.1 Å². The van der Waals surface area contributed by atoms with Crippen LogP contribution in [0.15, 0.2) is 36.3 Å². The SMILES string of the molecule is CC1=[N+](C)C=[N+]2C=C3C=CC=CN3C12. The molecule has 0 spiro atoms. The number of hydrogen-bond donors (Lipinski definition) is 0. The van der Waals surface area contributed by atoms with E-state index in [1.807, 2.05) is 0 Å². The van der Waals surface area contributed by atoms with Crippen LogP contribution in [0.2, 0.25) is 0 Å². The summed E-state index contributed by atoms with van der Waals surface area (Å²) in [5.74, 6) is 0. The van der Waals surface area contributed by atoms with Gasteiger partial charge in [-0.15, -0.1) is 9.15 Å². The lowest BCUT2D eigenvalue weighted by Crippen LogP contribution is -2.36. The van der Waals surface area contributed by atoms with E-state index < -0.39 is 0 Å². The second-order valence-electron chi connectivity index (χ2n) is 3.85. The van der Waals surface area contributed by atoms with Crippen LogP contribution in [0.25, 0.3) is 0 Å². The van der Waals surface area contributed by atoms with E-state index in [0.29, 0.717) is 6.17 Å². The fraction of sp³-hybridized carbons (Fsp3) is 0.273. The third-order valence-corrected chi connectivity index (χ3v) is 2.99. The highest BCUT2D eigenvalue weighted by atomic mass is 15.4. The zero-order valence-corrected chi connectivity index (χ0v) is 8.38. The maximum absolute atomic E-state index is 2.29. The lowest BCUT2D eigenvalue weighted by Gasteiger charge is -2.16. The van der Waals surface area contributed by atoms with Crippen molar-refractivity contribution in [2.24, 2.45) is 0 Å². The van der Waals surface area contributed by atoms with Gasteiger partial charge < -0.3 is 0 Å². The molecule has 3 nitrogen and oxygen atoms in total. The van der Waals surface area contributed by atoms with Gasteiger partial charge in [-0.3, -0.25) is 4.90 Å². The van der Waals surface area contributed by atoms with E-state index in [9.17, 15) is 0 Å². The van der Waals surface area contributed by atoms with Gasteiger partial charge in [0.1, 0.15) is 12.7 Å². The van der Waals surface area contributed by atoms with Gasteiger partial charge in [0, 0.05) is 13.1 Å². The smallest absolute Gasteiger partial charge is 0.275 e. The van der Waals surface area contributed by atoms with Gasteiger partial charge in [-0.2, -0.15) is 0 Å². The minimum atomic E-state index is 0.358. The topological polar surface area (TPSA) is 9.26 Å². The van der Waals surface area contributed by atoms with Gasteiger partial charge in [-0.25, -0.2) is 0 Å². The Morgan fingerprint density at radius 2 is 2.21 bits per heavy atom. The van der Waals surface area contributed by atoms with E-state index >= 15 is 0 Å². The van der Waals surface area contributed by atoms with E-state index in [0.717, 1.165) is 0 Å². The minimum absolute atomic E-state index is 0.358. The highest BCUT2D eigenvalue weighted by Crippen LogP contribution is 2.25. The Morgan fingerprint density at radius 1 is 1.36 bits per heavy atom. The van der Waals surface area contributed by atoms with Crippen molar-refractivity contribution in [3.8, 4) is 0 Å². The highest BCUT2D eigenvalue weighted by molar-refractivity contribution is 5.86. The predicted octanol–water partition coefficient (Wildman–Crippen LogP) is 0.711. The molecule has 3 rings (SSSR count). The van der Waals surface area contributed by atoms with Crippen LogP contribution in [0.3, 0.4) is 0 Å². The van der Waals surface area contributed by atoms with Crippen molar-refractivity contribution in [1.82, 2.24) is 4.90 Å². The van der Waals surface area contributed by atoms with Gasteiger partial charge in [-0.1, -0.05) is 6.08 Å². The molecule has 3 aliphatic rings. The Morgan fingerprint density at radius 3 is 3.07 bits per heavy atom. The average molecular weight is 187 g/mol. The molecule has 0 aromatic heterocycles. The van der Waals surface area contributed by atoms with Crippen LogP contribution in [-0.2, 0) is 0 Å². The van der Waals surface area contributed by atoms with Gasteiger partial charge >= 0.3 is 12.5 Å². The van der Waals surface area contributed by atoms with E-state index in [2.05, 4.69) is 65.0 Å². The molecule has 0 aromatic carbocycles. The molecule has 3 heterocycles. The minimum Gasteiger partial charge on any atom is -0.275 e. The first-order chi connectivity index (χ1) is 6.77. The van der Waals surface area contributed by atoms with Gasteiger partial charge in [0.05, 0.1) is 0 Å². The summed E-state index contributed by atoms with van der Waals surface area (Å²) in [5.41, 5.74) is 2.62. The van der Waals surface area contributed by atoms with E-state index in [4.69, 9.17) is 0 Å². The molecule has 0 saturated heterocycles. The first kappa shape index (κ1) is 7.74. The fourth-order valence-corrected chi connectivity index (χ4v) is 2.15. The Bertz CT molecular complexity index is 449. The van der Waals surface area contributed by atoms with Crippen molar-refractivity contribution in [2.75, 3.05) is 7.05 Å². The summed E-state index contributed by atoms with van der Waals surface area (Å²) in [6, 6.07) is 0. The summed E-state index contributed by atoms with van der Waals surface area (Å²) < 4.78 is 4.41. The predicted molar refractivity (Wildman–Crippen MR) is 55.2 cm³/mol. The molecule has 1 atom stereocenters. The van der Waals surface area contributed by atoms with Crippen molar-refractivity contribution >= 4 is 12.1 Å². The molecular formula is C11H13N3+2. The molecular weight excluding hydrogens is 174 g/mol. The summed E-state index contributed by atoms with van der Waals surface area (Å²) in [7, 11) is 2.09. The van der Waals surface area contributed by atoms with Gasteiger partial charge in [0.2, 0.25) is 6.20 Å². The van der Waals surface area contributed by atoms with Crippen LogP contribution in [0.4, 0.5) is 0 Å². The third kappa shape index (κ3) is 0.816. The van der Waals surface area contributed by atoms with Crippen LogP contribution in [0, 0.1) is 0 Å². The van der Waals surface area contributed by atoms with E-state index in [1.165, 1.54) is 11.4 Å². The molecule has 0 fully saturated rings. The van der Waals surface area contributed by atoms with Crippen LogP contribution in [0.1, 0.15) is 6.92 Å². The summed E-state index contributed by atoms with van der Waals surface area (Å²) in [4.78, 5) is 2.29. The largest absolute Gasteiger partial charge is 0.409 e. The van der Waals surface area contributed by atoms with Gasteiger partial charge in [0.25, 0.3) is 5.71 Å². The number of nitrogens with zero attached hydrogens (tertiary/aromatic N) is 3. The number of allylic oxidation sites excluding steroid dienone is 3. The number of fused-ring (bicyclic) bond motifs is 3. The first-order valence-electron chi connectivity index (χ1n) is 4.81. The molecule has 14 heavy (non-hydrogen) atoms. The summed E-state index contributed by atoms with van der Waals surface area (Å²) in [5, 5.41) is 0. The Balaban J connectivity index is 2.10. The van der Waals surface area contributed by atoms with Crippen molar-refractivity contribution in [3.05, 3.63) is 36.3 Å².